The van der Waals surface area contributed by atoms with Crippen LogP contribution in [-0.4, -0.2) is 54.7 Å². The number of nitrogens with zero attached hydrogens (tertiary/aromatic N) is 2. The summed E-state index contributed by atoms with van der Waals surface area (Å²) in [7, 11) is 3.94. The van der Waals surface area contributed by atoms with Crippen LogP contribution in [0.25, 0.3) is 0 Å². The lowest BCUT2D eigenvalue weighted by atomic mass is 9.75. The second kappa shape index (κ2) is 8.70. The molecule has 1 fully saturated rings. The van der Waals surface area contributed by atoms with Gasteiger partial charge in [-0.05, 0) is 44.3 Å². The molecule has 0 aromatic heterocycles. The van der Waals surface area contributed by atoms with Gasteiger partial charge in [0.2, 0.25) is 0 Å². The molecule has 2 amide bonds. The number of halogens is 2. The van der Waals surface area contributed by atoms with E-state index in [1.54, 1.807) is 23.1 Å². The monoisotopic (exact) mass is 421 g/mol. The lowest BCUT2D eigenvalue weighted by Crippen LogP contribution is -2.55. The topological polar surface area (TPSA) is 55.8 Å². The molecule has 150 valence electrons. The summed E-state index contributed by atoms with van der Waals surface area (Å²) < 4.78 is 0. The van der Waals surface area contributed by atoms with E-state index in [0.717, 1.165) is 5.56 Å². The van der Waals surface area contributed by atoms with Gasteiger partial charge in [-0.25, -0.2) is 4.79 Å². The van der Waals surface area contributed by atoms with Gasteiger partial charge >= 0.3 is 6.03 Å². The average Bonchev–Trinajstić information content (AvgIpc) is 2.67. The standard InChI is InChI=1S/C21H25Cl2N3O2/c1-25(2)13-16-14-26(11-10-21(16,28)15-6-4-3-5-7-15)20(27)24-17-8-9-18(22)19(23)12-17/h3-9,12,16,28H,10-11,13-14H2,1-2H3,(H,24,27). The Kier molecular flexibility index (Phi) is 6.50. The molecule has 1 saturated heterocycles. The first-order chi connectivity index (χ1) is 13.3. The highest BCUT2D eigenvalue weighted by Crippen LogP contribution is 2.38. The van der Waals surface area contributed by atoms with Crippen LogP contribution in [0.3, 0.4) is 0 Å². The van der Waals surface area contributed by atoms with Crippen molar-refractivity contribution in [1.29, 1.82) is 0 Å². The third-order valence-electron chi connectivity index (χ3n) is 5.20. The van der Waals surface area contributed by atoms with Crippen molar-refractivity contribution in [2.24, 2.45) is 5.92 Å². The fraction of sp³-hybridized carbons (Fsp3) is 0.381. The van der Waals surface area contributed by atoms with Crippen LogP contribution in [0.5, 0.6) is 0 Å². The fourth-order valence-corrected chi connectivity index (χ4v) is 4.03. The van der Waals surface area contributed by atoms with E-state index >= 15 is 0 Å². The van der Waals surface area contributed by atoms with E-state index in [4.69, 9.17) is 23.2 Å². The summed E-state index contributed by atoms with van der Waals surface area (Å²) in [5.74, 6) is -0.113. The number of anilines is 1. The summed E-state index contributed by atoms with van der Waals surface area (Å²) in [4.78, 5) is 16.6. The van der Waals surface area contributed by atoms with Gasteiger partial charge in [-0.15, -0.1) is 0 Å². The summed E-state index contributed by atoms with van der Waals surface area (Å²) in [6, 6.07) is 14.5. The van der Waals surface area contributed by atoms with E-state index in [0.29, 0.717) is 41.8 Å². The van der Waals surface area contributed by atoms with E-state index < -0.39 is 5.60 Å². The average molecular weight is 422 g/mol. The van der Waals surface area contributed by atoms with Crippen molar-refractivity contribution in [1.82, 2.24) is 9.80 Å². The Hall–Kier alpha value is -1.79. The Morgan fingerprint density at radius 1 is 1.21 bits per heavy atom. The summed E-state index contributed by atoms with van der Waals surface area (Å²) in [5, 5.41) is 15.2. The van der Waals surface area contributed by atoms with Gasteiger partial charge in [0.1, 0.15) is 0 Å². The number of benzene rings is 2. The highest BCUT2D eigenvalue weighted by atomic mass is 35.5. The second-order valence-corrected chi connectivity index (χ2v) is 8.32. The minimum absolute atomic E-state index is 0.113. The Morgan fingerprint density at radius 3 is 2.57 bits per heavy atom. The molecule has 1 heterocycles. The third kappa shape index (κ3) is 4.61. The summed E-state index contributed by atoms with van der Waals surface area (Å²) in [6.45, 7) is 1.58. The summed E-state index contributed by atoms with van der Waals surface area (Å²) in [6.07, 6.45) is 0.477. The Bertz CT molecular complexity index is 832. The molecule has 0 spiro atoms. The maximum atomic E-state index is 12.8. The van der Waals surface area contributed by atoms with Crippen molar-refractivity contribution in [2.75, 3.05) is 39.0 Å². The predicted molar refractivity (Wildman–Crippen MR) is 114 cm³/mol. The number of nitrogens with one attached hydrogen (secondary N) is 1. The van der Waals surface area contributed by atoms with Crippen LogP contribution in [0.15, 0.2) is 48.5 Å². The van der Waals surface area contributed by atoms with Crippen LogP contribution >= 0.6 is 23.2 Å². The summed E-state index contributed by atoms with van der Waals surface area (Å²) >= 11 is 12.0. The minimum atomic E-state index is -0.966. The maximum Gasteiger partial charge on any atom is 0.321 e. The van der Waals surface area contributed by atoms with Crippen molar-refractivity contribution in [2.45, 2.75) is 12.0 Å². The first kappa shape index (κ1) is 20.9. The molecule has 28 heavy (non-hydrogen) atoms. The van der Waals surface area contributed by atoms with Gasteiger partial charge in [0.25, 0.3) is 0 Å². The molecule has 2 unspecified atom stereocenters. The quantitative estimate of drug-likeness (QED) is 0.773. The SMILES string of the molecule is CN(C)CC1CN(C(=O)Nc2ccc(Cl)c(Cl)c2)CCC1(O)c1ccccc1. The van der Waals surface area contributed by atoms with E-state index in [1.807, 2.05) is 49.3 Å². The first-order valence-electron chi connectivity index (χ1n) is 9.23. The first-order valence-corrected chi connectivity index (χ1v) is 9.99. The molecule has 2 aromatic carbocycles. The lowest BCUT2D eigenvalue weighted by Gasteiger charge is -2.45. The molecule has 2 N–H and O–H groups in total. The molecule has 5 nitrogen and oxygen atoms in total. The van der Waals surface area contributed by atoms with Crippen molar-refractivity contribution >= 4 is 34.9 Å². The molecule has 0 bridgehead atoms. The highest BCUT2D eigenvalue weighted by Gasteiger charge is 2.44. The smallest absolute Gasteiger partial charge is 0.321 e. The molecule has 0 aliphatic carbocycles. The van der Waals surface area contributed by atoms with E-state index in [2.05, 4.69) is 5.32 Å². The lowest BCUT2D eigenvalue weighted by molar-refractivity contribution is -0.0749. The van der Waals surface area contributed by atoms with Crippen LogP contribution in [0.1, 0.15) is 12.0 Å². The molecule has 0 saturated carbocycles. The van der Waals surface area contributed by atoms with Gasteiger partial charge in [-0.1, -0.05) is 53.5 Å². The number of urea groups is 1. The molecule has 1 aliphatic heterocycles. The van der Waals surface area contributed by atoms with Crippen molar-refractivity contribution in [3.05, 3.63) is 64.1 Å². The number of piperidine rings is 1. The molecule has 7 heteroatoms. The van der Waals surface area contributed by atoms with Crippen LogP contribution in [0.2, 0.25) is 10.0 Å². The zero-order valence-electron chi connectivity index (χ0n) is 16.0. The Labute approximate surface area is 175 Å². The largest absolute Gasteiger partial charge is 0.385 e. The van der Waals surface area contributed by atoms with Gasteiger partial charge in [0, 0.05) is 31.2 Å². The Morgan fingerprint density at radius 2 is 1.93 bits per heavy atom. The van der Waals surface area contributed by atoms with Gasteiger partial charge in [-0.3, -0.25) is 0 Å². The number of amides is 2. The molecule has 1 aliphatic rings. The number of hydrogen-bond acceptors (Lipinski definition) is 3. The second-order valence-electron chi connectivity index (χ2n) is 7.50. The van der Waals surface area contributed by atoms with Gasteiger partial charge in [0.05, 0.1) is 15.6 Å². The molecule has 3 rings (SSSR count). The van der Waals surface area contributed by atoms with Gasteiger partial charge in [-0.2, -0.15) is 0 Å². The van der Waals surface area contributed by atoms with Crippen molar-refractivity contribution in [3.63, 3.8) is 0 Å². The van der Waals surface area contributed by atoms with Gasteiger partial charge < -0.3 is 20.2 Å². The van der Waals surface area contributed by atoms with E-state index in [-0.39, 0.29) is 11.9 Å². The zero-order chi connectivity index (χ0) is 20.3. The van der Waals surface area contributed by atoms with Crippen molar-refractivity contribution < 1.29 is 9.90 Å². The molecule has 2 atom stereocenters. The maximum absolute atomic E-state index is 12.8. The van der Waals surface area contributed by atoms with E-state index in [9.17, 15) is 9.90 Å². The summed E-state index contributed by atoms with van der Waals surface area (Å²) in [5.41, 5.74) is 0.519. The zero-order valence-corrected chi connectivity index (χ0v) is 17.5. The van der Waals surface area contributed by atoms with E-state index in [1.165, 1.54) is 0 Å². The molecule has 0 radical (unpaired) electrons. The molecular weight excluding hydrogens is 397 g/mol. The number of hydrogen-bond donors (Lipinski definition) is 2. The van der Waals surface area contributed by atoms with Crippen LogP contribution < -0.4 is 5.32 Å². The van der Waals surface area contributed by atoms with Gasteiger partial charge in [0.15, 0.2) is 0 Å². The third-order valence-corrected chi connectivity index (χ3v) is 5.94. The van der Waals surface area contributed by atoms with Crippen LogP contribution in [0, 0.1) is 5.92 Å². The van der Waals surface area contributed by atoms with Crippen LogP contribution in [0.4, 0.5) is 10.5 Å². The fourth-order valence-electron chi connectivity index (χ4n) is 3.74. The predicted octanol–water partition coefficient (Wildman–Crippen LogP) is 4.30. The van der Waals surface area contributed by atoms with Crippen molar-refractivity contribution in [3.8, 4) is 0 Å². The number of aliphatic hydroxyl groups is 1. The molecular formula is C21H25Cl2N3O2. The Balaban J connectivity index is 1.76. The van der Waals surface area contributed by atoms with Crippen LogP contribution in [-0.2, 0) is 5.60 Å². The minimum Gasteiger partial charge on any atom is -0.385 e. The molecule has 2 aromatic rings. The number of carbonyl (C=O) groups excluding carboxylic acids is 1. The number of rotatable bonds is 4. The normalized spacial score (nSPS) is 22.4. The number of likely N-dealkylation sites (tertiary alicyclic amines) is 1. The number of carbonyl (C=O) groups is 1. The highest BCUT2D eigenvalue weighted by molar-refractivity contribution is 6.42.